The van der Waals surface area contributed by atoms with Crippen LogP contribution in [0.3, 0.4) is 0 Å². The van der Waals surface area contributed by atoms with E-state index in [2.05, 4.69) is 44.2 Å². The van der Waals surface area contributed by atoms with Crippen molar-refractivity contribution in [2.75, 3.05) is 6.54 Å². The third-order valence-electron chi connectivity index (χ3n) is 3.81. The van der Waals surface area contributed by atoms with E-state index in [9.17, 15) is 5.11 Å². The van der Waals surface area contributed by atoms with E-state index in [-0.39, 0.29) is 6.10 Å². The average molecular weight is 220 g/mol. The Hall–Kier alpha value is -0.860. The van der Waals surface area contributed by atoms with E-state index in [4.69, 9.17) is 0 Å². The highest BCUT2D eigenvalue weighted by molar-refractivity contribution is 5.13. The monoisotopic (exact) mass is 220 g/mol. The van der Waals surface area contributed by atoms with Gasteiger partial charge in [0.25, 0.3) is 0 Å². The average Bonchev–Trinajstić information content (AvgIpc) is 2.27. The second-order valence-electron chi connectivity index (χ2n) is 5.21. The zero-order chi connectivity index (χ0) is 11.5. The van der Waals surface area contributed by atoms with Crippen LogP contribution in [0.4, 0.5) is 0 Å². The Labute approximate surface area is 97.9 Å². The molecule has 88 valence electrons. The molecule has 2 rings (SSSR count). The molecule has 1 aromatic carbocycles. The molecular formula is C14H22NO+. The van der Waals surface area contributed by atoms with Crippen LogP contribution in [0.5, 0.6) is 0 Å². The summed E-state index contributed by atoms with van der Waals surface area (Å²) in [4.78, 5) is 1.60. The number of likely N-dealkylation sites (tertiary alicyclic amines) is 1. The van der Waals surface area contributed by atoms with Gasteiger partial charge in [-0.25, -0.2) is 0 Å². The Morgan fingerprint density at radius 1 is 1.25 bits per heavy atom. The number of hydrogen-bond acceptors (Lipinski definition) is 1. The lowest BCUT2D eigenvalue weighted by Gasteiger charge is -2.36. The van der Waals surface area contributed by atoms with Crippen LogP contribution in [0, 0.1) is 5.92 Å². The molecule has 0 amide bonds. The fourth-order valence-corrected chi connectivity index (χ4v) is 2.62. The van der Waals surface area contributed by atoms with E-state index >= 15 is 0 Å². The first kappa shape index (κ1) is 11.6. The van der Waals surface area contributed by atoms with Gasteiger partial charge in [0.1, 0.15) is 6.54 Å². The number of aliphatic hydroxyl groups excluding tert-OH is 1. The molecule has 16 heavy (non-hydrogen) atoms. The van der Waals surface area contributed by atoms with Crippen molar-refractivity contribution in [1.82, 2.24) is 0 Å². The minimum absolute atomic E-state index is 0.102. The van der Waals surface area contributed by atoms with Gasteiger partial charge in [0.2, 0.25) is 0 Å². The van der Waals surface area contributed by atoms with Crippen molar-refractivity contribution in [1.29, 1.82) is 0 Å². The third-order valence-corrected chi connectivity index (χ3v) is 3.81. The van der Waals surface area contributed by atoms with Crippen molar-refractivity contribution >= 4 is 0 Å². The molecule has 0 aromatic heterocycles. The molecule has 0 spiro atoms. The molecule has 1 fully saturated rings. The van der Waals surface area contributed by atoms with E-state index in [0.717, 1.165) is 19.5 Å². The number of benzene rings is 1. The lowest BCUT2D eigenvalue weighted by molar-refractivity contribution is -0.946. The number of rotatable bonds is 2. The fraction of sp³-hybridized carbons (Fsp3) is 0.571. The molecule has 1 aromatic rings. The molecule has 0 bridgehead atoms. The van der Waals surface area contributed by atoms with Crippen molar-refractivity contribution in [2.45, 2.75) is 39.0 Å². The summed E-state index contributed by atoms with van der Waals surface area (Å²) < 4.78 is 0. The predicted octanol–water partition coefficient (Wildman–Crippen LogP) is 0.861. The van der Waals surface area contributed by atoms with Gasteiger partial charge in [-0.2, -0.15) is 0 Å². The lowest BCUT2D eigenvalue weighted by Crippen LogP contribution is -3.16. The smallest absolute Gasteiger partial charge is 0.103 e. The molecule has 1 aliphatic heterocycles. The maximum atomic E-state index is 9.82. The Morgan fingerprint density at radius 3 is 2.62 bits per heavy atom. The van der Waals surface area contributed by atoms with Crippen LogP contribution in [0.15, 0.2) is 30.3 Å². The van der Waals surface area contributed by atoms with Crippen LogP contribution in [-0.4, -0.2) is 23.8 Å². The van der Waals surface area contributed by atoms with E-state index in [1.165, 1.54) is 5.56 Å². The van der Waals surface area contributed by atoms with Crippen LogP contribution in [-0.2, 0) is 6.54 Å². The molecule has 0 aliphatic carbocycles. The molecule has 2 N–H and O–H groups in total. The van der Waals surface area contributed by atoms with Crippen molar-refractivity contribution in [3.63, 3.8) is 0 Å². The summed E-state index contributed by atoms with van der Waals surface area (Å²) in [5.74, 6) is 0.426. The summed E-state index contributed by atoms with van der Waals surface area (Å²) in [5.41, 5.74) is 1.40. The predicted molar refractivity (Wildman–Crippen MR) is 65.2 cm³/mol. The standard InChI is InChI=1S/C14H21NO/c1-11-9-15(12(2)8-14(11)16)10-13-6-4-3-5-7-13/h3-7,11-12,14,16H,8-10H2,1-2H3/p+1/t11-,12-,14+/m1/s1. The second-order valence-corrected chi connectivity index (χ2v) is 5.21. The zero-order valence-electron chi connectivity index (χ0n) is 10.2. The first-order valence-electron chi connectivity index (χ1n) is 6.23. The molecule has 1 heterocycles. The number of quaternary nitrogens is 1. The number of aliphatic hydroxyl groups is 1. The quantitative estimate of drug-likeness (QED) is 0.759. The summed E-state index contributed by atoms with van der Waals surface area (Å²) in [5, 5.41) is 9.82. The van der Waals surface area contributed by atoms with Gasteiger partial charge in [0, 0.05) is 17.9 Å². The van der Waals surface area contributed by atoms with Crippen molar-refractivity contribution in [3.8, 4) is 0 Å². The van der Waals surface area contributed by atoms with E-state index in [1.807, 2.05) is 0 Å². The molecular weight excluding hydrogens is 198 g/mol. The molecule has 1 aliphatic rings. The van der Waals surface area contributed by atoms with Crippen LogP contribution < -0.4 is 4.90 Å². The van der Waals surface area contributed by atoms with Crippen LogP contribution >= 0.6 is 0 Å². The van der Waals surface area contributed by atoms with Crippen molar-refractivity contribution in [3.05, 3.63) is 35.9 Å². The minimum Gasteiger partial charge on any atom is -0.392 e. The van der Waals surface area contributed by atoms with Crippen LogP contribution in [0.25, 0.3) is 0 Å². The molecule has 4 atom stereocenters. The SMILES string of the molecule is C[C@@H]1C[NH+](Cc2ccccc2)[C@H](C)C[C@@H]1O. The van der Waals surface area contributed by atoms with Crippen LogP contribution in [0.2, 0.25) is 0 Å². The van der Waals surface area contributed by atoms with E-state index < -0.39 is 0 Å². The third kappa shape index (κ3) is 2.63. The normalized spacial score (nSPS) is 34.9. The molecule has 1 unspecified atom stereocenters. The van der Waals surface area contributed by atoms with Gasteiger partial charge < -0.3 is 10.0 Å². The van der Waals surface area contributed by atoms with E-state index in [0.29, 0.717) is 12.0 Å². The van der Waals surface area contributed by atoms with Crippen molar-refractivity contribution < 1.29 is 10.0 Å². The van der Waals surface area contributed by atoms with Crippen molar-refractivity contribution in [2.24, 2.45) is 5.92 Å². The van der Waals surface area contributed by atoms with Gasteiger partial charge in [-0.15, -0.1) is 0 Å². The summed E-state index contributed by atoms with van der Waals surface area (Å²) in [6, 6.07) is 11.2. The largest absolute Gasteiger partial charge is 0.392 e. The second kappa shape index (κ2) is 4.98. The zero-order valence-corrected chi connectivity index (χ0v) is 10.2. The molecule has 2 heteroatoms. The highest BCUT2D eigenvalue weighted by atomic mass is 16.3. The Bertz CT molecular complexity index is 325. The number of nitrogens with one attached hydrogen (secondary N) is 1. The van der Waals surface area contributed by atoms with Crippen LogP contribution in [0.1, 0.15) is 25.8 Å². The number of piperidine rings is 1. The summed E-state index contributed by atoms with van der Waals surface area (Å²) in [7, 11) is 0. The summed E-state index contributed by atoms with van der Waals surface area (Å²) >= 11 is 0. The Kier molecular flexibility index (Phi) is 3.62. The van der Waals surface area contributed by atoms with Gasteiger partial charge in [-0.05, 0) is 6.92 Å². The Morgan fingerprint density at radius 2 is 1.94 bits per heavy atom. The first-order chi connectivity index (χ1) is 7.66. The first-order valence-corrected chi connectivity index (χ1v) is 6.23. The van der Waals surface area contributed by atoms with Gasteiger partial charge in [-0.3, -0.25) is 0 Å². The fourth-order valence-electron chi connectivity index (χ4n) is 2.62. The number of hydrogen-bond donors (Lipinski definition) is 2. The summed E-state index contributed by atoms with van der Waals surface area (Å²) in [6.45, 7) is 6.56. The maximum absolute atomic E-state index is 9.82. The van der Waals surface area contributed by atoms with Gasteiger partial charge in [0.15, 0.2) is 0 Å². The molecule has 2 nitrogen and oxygen atoms in total. The molecule has 0 saturated carbocycles. The maximum Gasteiger partial charge on any atom is 0.103 e. The van der Waals surface area contributed by atoms with E-state index in [1.54, 1.807) is 4.90 Å². The van der Waals surface area contributed by atoms with Gasteiger partial charge in [0.05, 0.1) is 18.7 Å². The minimum atomic E-state index is -0.102. The Balaban J connectivity index is 2.00. The molecule has 0 radical (unpaired) electrons. The highest BCUT2D eigenvalue weighted by Crippen LogP contribution is 2.11. The van der Waals surface area contributed by atoms with Gasteiger partial charge >= 0.3 is 0 Å². The highest BCUT2D eigenvalue weighted by Gasteiger charge is 2.32. The lowest BCUT2D eigenvalue weighted by atomic mass is 9.91. The molecule has 1 saturated heterocycles. The summed E-state index contributed by atoms with van der Waals surface area (Å²) in [6.07, 6.45) is 0.832. The van der Waals surface area contributed by atoms with Gasteiger partial charge in [-0.1, -0.05) is 37.3 Å². The topological polar surface area (TPSA) is 24.7 Å².